The molecule has 0 amide bonds. The molecule has 140 valence electrons. The summed E-state index contributed by atoms with van der Waals surface area (Å²) in [7, 11) is -1.44. The molecule has 1 fully saturated rings. The fraction of sp³-hybridized carbons (Fsp3) is 0.421. The van der Waals surface area contributed by atoms with Gasteiger partial charge in [-0.25, -0.2) is 13.4 Å². The maximum absolute atomic E-state index is 12.7. The van der Waals surface area contributed by atoms with Gasteiger partial charge in [0.05, 0.1) is 5.03 Å². The molecule has 0 spiro atoms. The SMILES string of the molecule is Cc1ccc(C)c(CSc2ccc(S(=O)(=O)N3CCN(C)CC3)cn2)c1. The lowest BCUT2D eigenvalue weighted by molar-refractivity contribution is 0.222. The van der Waals surface area contributed by atoms with E-state index in [0.29, 0.717) is 13.1 Å². The van der Waals surface area contributed by atoms with Crippen LogP contribution in [-0.2, 0) is 15.8 Å². The first-order chi connectivity index (χ1) is 12.4. The number of likely N-dealkylation sites (N-methyl/N-ethyl adjacent to an activating group) is 1. The minimum atomic E-state index is -3.45. The first-order valence-electron chi connectivity index (χ1n) is 8.70. The number of rotatable bonds is 5. The van der Waals surface area contributed by atoms with Crippen molar-refractivity contribution in [2.24, 2.45) is 0 Å². The van der Waals surface area contributed by atoms with Crippen LogP contribution >= 0.6 is 11.8 Å². The fourth-order valence-corrected chi connectivity index (χ4v) is 5.16. The van der Waals surface area contributed by atoms with Crippen LogP contribution in [0.25, 0.3) is 0 Å². The van der Waals surface area contributed by atoms with Gasteiger partial charge in [-0.2, -0.15) is 4.31 Å². The lowest BCUT2D eigenvalue weighted by Crippen LogP contribution is -2.47. The Balaban J connectivity index is 1.67. The van der Waals surface area contributed by atoms with Gasteiger partial charge in [-0.05, 0) is 44.2 Å². The van der Waals surface area contributed by atoms with Gasteiger partial charge in [0.15, 0.2) is 0 Å². The van der Waals surface area contributed by atoms with Crippen LogP contribution in [0.1, 0.15) is 16.7 Å². The second-order valence-electron chi connectivity index (χ2n) is 6.76. The Morgan fingerprint density at radius 1 is 1.08 bits per heavy atom. The normalized spacial score (nSPS) is 16.7. The van der Waals surface area contributed by atoms with Crippen molar-refractivity contribution in [2.75, 3.05) is 33.2 Å². The number of hydrogen-bond donors (Lipinski definition) is 0. The second kappa shape index (κ2) is 8.08. The molecular formula is C19H25N3O2S2. The summed E-state index contributed by atoms with van der Waals surface area (Å²) in [5.41, 5.74) is 3.79. The second-order valence-corrected chi connectivity index (χ2v) is 9.69. The predicted octanol–water partition coefficient (Wildman–Crippen LogP) is 2.93. The predicted molar refractivity (Wildman–Crippen MR) is 106 cm³/mol. The summed E-state index contributed by atoms with van der Waals surface area (Å²) >= 11 is 1.63. The molecule has 1 aliphatic rings. The maximum Gasteiger partial charge on any atom is 0.244 e. The zero-order valence-corrected chi connectivity index (χ0v) is 17.1. The van der Waals surface area contributed by atoms with Crippen molar-refractivity contribution in [2.45, 2.75) is 29.5 Å². The van der Waals surface area contributed by atoms with E-state index in [1.54, 1.807) is 28.2 Å². The van der Waals surface area contributed by atoms with Crippen LogP contribution in [0.5, 0.6) is 0 Å². The van der Waals surface area contributed by atoms with Gasteiger partial charge in [0.2, 0.25) is 10.0 Å². The Kier molecular flexibility index (Phi) is 6.02. The van der Waals surface area contributed by atoms with E-state index in [2.05, 4.69) is 41.9 Å². The van der Waals surface area contributed by atoms with Crippen LogP contribution in [0.2, 0.25) is 0 Å². The zero-order chi connectivity index (χ0) is 18.7. The number of aromatic nitrogens is 1. The van der Waals surface area contributed by atoms with E-state index in [1.807, 2.05) is 7.05 Å². The topological polar surface area (TPSA) is 53.5 Å². The van der Waals surface area contributed by atoms with Crippen LogP contribution in [0, 0.1) is 13.8 Å². The third kappa shape index (κ3) is 4.46. The molecule has 1 saturated heterocycles. The van der Waals surface area contributed by atoms with Crippen LogP contribution in [-0.4, -0.2) is 55.8 Å². The monoisotopic (exact) mass is 391 g/mol. The Bertz CT molecular complexity index is 859. The van der Waals surface area contributed by atoms with E-state index in [-0.39, 0.29) is 4.90 Å². The average Bonchev–Trinajstić information content (AvgIpc) is 2.63. The highest BCUT2D eigenvalue weighted by Gasteiger charge is 2.27. The molecule has 2 aromatic rings. The maximum atomic E-state index is 12.7. The number of thioether (sulfide) groups is 1. The Morgan fingerprint density at radius 3 is 2.46 bits per heavy atom. The highest BCUT2D eigenvalue weighted by molar-refractivity contribution is 7.98. The summed E-state index contributed by atoms with van der Waals surface area (Å²) in [6.07, 6.45) is 1.49. The molecule has 0 atom stereocenters. The summed E-state index contributed by atoms with van der Waals surface area (Å²) in [6, 6.07) is 9.91. The summed E-state index contributed by atoms with van der Waals surface area (Å²) in [6.45, 7) is 6.77. The van der Waals surface area contributed by atoms with E-state index >= 15 is 0 Å². The molecule has 1 aromatic carbocycles. The highest BCUT2D eigenvalue weighted by atomic mass is 32.2. The van der Waals surface area contributed by atoms with Gasteiger partial charge in [0.1, 0.15) is 4.90 Å². The molecule has 2 heterocycles. The number of piperazine rings is 1. The highest BCUT2D eigenvalue weighted by Crippen LogP contribution is 2.25. The lowest BCUT2D eigenvalue weighted by atomic mass is 10.1. The number of hydrogen-bond acceptors (Lipinski definition) is 5. The molecular weight excluding hydrogens is 366 g/mol. The van der Waals surface area contributed by atoms with Crippen molar-refractivity contribution in [1.29, 1.82) is 0 Å². The number of nitrogens with zero attached hydrogens (tertiary/aromatic N) is 3. The van der Waals surface area contributed by atoms with Gasteiger partial charge in [-0.3, -0.25) is 0 Å². The van der Waals surface area contributed by atoms with Crippen molar-refractivity contribution in [1.82, 2.24) is 14.2 Å². The van der Waals surface area contributed by atoms with E-state index in [1.165, 1.54) is 22.9 Å². The molecule has 0 bridgehead atoms. The number of aryl methyl sites for hydroxylation is 2. The van der Waals surface area contributed by atoms with Crippen molar-refractivity contribution in [3.05, 3.63) is 53.2 Å². The Morgan fingerprint density at radius 2 is 1.81 bits per heavy atom. The number of sulfonamides is 1. The van der Waals surface area contributed by atoms with Crippen LogP contribution in [0.4, 0.5) is 0 Å². The molecule has 7 heteroatoms. The summed E-state index contributed by atoms with van der Waals surface area (Å²) < 4.78 is 27.0. The fourth-order valence-electron chi connectivity index (χ4n) is 2.89. The molecule has 1 aliphatic heterocycles. The molecule has 3 rings (SSSR count). The van der Waals surface area contributed by atoms with E-state index in [9.17, 15) is 8.42 Å². The van der Waals surface area contributed by atoms with Crippen LogP contribution in [0.3, 0.4) is 0 Å². The van der Waals surface area contributed by atoms with Crippen molar-refractivity contribution in [3.63, 3.8) is 0 Å². The third-order valence-electron chi connectivity index (χ3n) is 4.69. The van der Waals surface area contributed by atoms with Gasteiger partial charge in [0.25, 0.3) is 0 Å². The van der Waals surface area contributed by atoms with E-state index in [0.717, 1.165) is 23.9 Å². The van der Waals surface area contributed by atoms with Crippen molar-refractivity contribution in [3.8, 4) is 0 Å². The van der Waals surface area contributed by atoms with Gasteiger partial charge < -0.3 is 4.90 Å². The minimum Gasteiger partial charge on any atom is -0.304 e. The molecule has 5 nitrogen and oxygen atoms in total. The molecule has 0 radical (unpaired) electrons. The van der Waals surface area contributed by atoms with Crippen LogP contribution < -0.4 is 0 Å². The first kappa shape index (κ1) is 19.4. The van der Waals surface area contributed by atoms with Crippen LogP contribution in [0.15, 0.2) is 46.5 Å². The van der Waals surface area contributed by atoms with Crippen molar-refractivity contribution < 1.29 is 8.42 Å². The number of pyridine rings is 1. The first-order valence-corrected chi connectivity index (χ1v) is 11.1. The van der Waals surface area contributed by atoms with Gasteiger partial charge in [-0.1, -0.05) is 23.8 Å². The molecule has 26 heavy (non-hydrogen) atoms. The minimum absolute atomic E-state index is 0.276. The average molecular weight is 392 g/mol. The molecule has 0 aliphatic carbocycles. The number of benzene rings is 1. The standard InChI is InChI=1S/C19H25N3O2S2/c1-15-4-5-16(2)17(12-15)14-25-19-7-6-18(13-20-19)26(23,24)22-10-8-21(3)9-11-22/h4-7,12-13H,8-11,14H2,1-3H3. The largest absolute Gasteiger partial charge is 0.304 e. The molecule has 0 saturated carbocycles. The van der Waals surface area contributed by atoms with E-state index < -0.39 is 10.0 Å². The molecule has 1 aromatic heterocycles. The third-order valence-corrected chi connectivity index (χ3v) is 7.56. The van der Waals surface area contributed by atoms with Gasteiger partial charge in [0, 0.05) is 38.1 Å². The summed E-state index contributed by atoms with van der Waals surface area (Å²) in [5.74, 6) is 0.824. The zero-order valence-electron chi connectivity index (χ0n) is 15.5. The Labute approximate surface area is 160 Å². The smallest absolute Gasteiger partial charge is 0.244 e. The Hall–Kier alpha value is -1.41. The van der Waals surface area contributed by atoms with Gasteiger partial charge in [-0.15, -0.1) is 11.8 Å². The van der Waals surface area contributed by atoms with Gasteiger partial charge >= 0.3 is 0 Å². The summed E-state index contributed by atoms with van der Waals surface area (Å²) in [5, 5.41) is 0.836. The quantitative estimate of drug-likeness (QED) is 0.734. The lowest BCUT2D eigenvalue weighted by Gasteiger charge is -2.31. The van der Waals surface area contributed by atoms with E-state index in [4.69, 9.17) is 0 Å². The van der Waals surface area contributed by atoms with Crippen molar-refractivity contribution >= 4 is 21.8 Å². The molecule has 0 unspecified atom stereocenters. The molecule has 0 N–H and O–H groups in total. The summed E-state index contributed by atoms with van der Waals surface area (Å²) in [4.78, 5) is 6.78.